The summed E-state index contributed by atoms with van der Waals surface area (Å²) in [7, 11) is 0. The van der Waals surface area contributed by atoms with Gasteiger partial charge in [-0.3, -0.25) is 0 Å². The summed E-state index contributed by atoms with van der Waals surface area (Å²) >= 11 is 1.63. The third-order valence-electron chi connectivity index (χ3n) is 2.08. The standard InChI is InChI=1S/C13H7FN2S2/c1-9-16-12(8-17-9)3-2-10-4-11(7-15)6-13(5-10)18-14/h4-6,8H,1H3. The van der Waals surface area contributed by atoms with Gasteiger partial charge in [-0.15, -0.1) is 11.3 Å². The maximum Gasteiger partial charge on any atom is 0.124 e. The zero-order valence-electron chi connectivity index (χ0n) is 9.40. The molecule has 0 N–H and O–H groups in total. The molecule has 0 atom stereocenters. The van der Waals surface area contributed by atoms with Crippen molar-refractivity contribution in [1.29, 1.82) is 5.26 Å². The molecule has 0 saturated heterocycles. The summed E-state index contributed by atoms with van der Waals surface area (Å²) in [5.74, 6) is 5.78. The van der Waals surface area contributed by atoms with Gasteiger partial charge in [-0.1, -0.05) is 5.92 Å². The van der Waals surface area contributed by atoms with Gasteiger partial charge in [0, 0.05) is 15.8 Å². The molecule has 0 radical (unpaired) electrons. The van der Waals surface area contributed by atoms with E-state index < -0.39 is 0 Å². The van der Waals surface area contributed by atoms with Crippen LogP contribution in [-0.2, 0) is 0 Å². The number of aromatic nitrogens is 1. The molecule has 2 nitrogen and oxygen atoms in total. The van der Waals surface area contributed by atoms with Gasteiger partial charge in [-0.25, -0.2) is 4.98 Å². The fourth-order valence-electron chi connectivity index (χ4n) is 1.34. The lowest BCUT2D eigenvalue weighted by Crippen LogP contribution is -1.82. The normalized spacial score (nSPS) is 9.39. The third kappa shape index (κ3) is 3.10. The predicted molar refractivity (Wildman–Crippen MR) is 71.0 cm³/mol. The molecule has 0 bridgehead atoms. The Morgan fingerprint density at radius 3 is 2.67 bits per heavy atom. The minimum Gasteiger partial charge on any atom is -0.233 e. The lowest BCUT2D eigenvalue weighted by Gasteiger charge is -1.96. The topological polar surface area (TPSA) is 36.7 Å². The highest BCUT2D eigenvalue weighted by atomic mass is 32.2. The number of thiazole rings is 1. The molecule has 0 unspecified atom stereocenters. The Morgan fingerprint density at radius 1 is 1.28 bits per heavy atom. The summed E-state index contributed by atoms with van der Waals surface area (Å²) < 4.78 is 12.5. The Kier molecular flexibility index (Phi) is 3.99. The molecule has 0 spiro atoms. The average Bonchev–Trinajstić information content (AvgIpc) is 2.81. The number of halogens is 1. The highest BCUT2D eigenvalue weighted by Gasteiger charge is 2.00. The van der Waals surface area contributed by atoms with Gasteiger partial charge in [-0.05, 0) is 31.0 Å². The highest BCUT2D eigenvalue weighted by Crippen LogP contribution is 2.21. The number of hydrogen-bond donors (Lipinski definition) is 0. The molecule has 0 amide bonds. The molecule has 1 aromatic heterocycles. The van der Waals surface area contributed by atoms with Gasteiger partial charge in [0.05, 0.1) is 28.8 Å². The van der Waals surface area contributed by atoms with Gasteiger partial charge in [0.2, 0.25) is 0 Å². The summed E-state index contributed by atoms with van der Waals surface area (Å²) in [6.45, 7) is 1.91. The second-order valence-corrected chi connectivity index (χ2v) is 5.12. The van der Waals surface area contributed by atoms with Crippen molar-refractivity contribution in [2.75, 3.05) is 0 Å². The third-order valence-corrected chi connectivity index (χ3v) is 3.27. The average molecular weight is 274 g/mol. The second kappa shape index (κ2) is 5.68. The van der Waals surface area contributed by atoms with E-state index in [-0.39, 0.29) is 12.1 Å². The quantitative estimate of drug-likeness (QED) is 0.744. The van der Waals surface area contributed by atoms with Crippen molar-refractivity contribution in [1.82, 2.24) is 4.98 Å². The molecule has 0 fully saturated rings. The zero-order valence-corrected chi connectivity index (χ0v) is 11.0. The molecule has 0 aliphatic rings. The number of aryl methyl sites for hydroxylation is 1. The zero-order chi connectivity index (χ0) is 13.0. The van der Waals surface area contributed by atoms with E-state index in [0.717, 1.165) is 5.01 Å². The Hall–Kier alpha value is -1.82. The van der Waals surface area contributed by atoms with E-state index in [1.54, 1.807) is 12.1 Å². The van der Waals surface area contributed by atoms with E-state index in [9.17, 15) is 3.89 Å². The van der Waals surface area contributed by atoms with Crippen LogP contribution in [0.5, 0.6) is 0 Å². The van der Waals surface area contributed by atoms with Gasteiger partial charge in [0.1, 0.15) is 5.69 Å². The summed E-state index contributed by atoms with van der Waals surface area (Å²) in [4.78, 5) is 4.59. The van der Waals surface area contributed by atoms with Crippen molar-refractivity contribution >= 4 is 23.5 Å². The van der Waals surface area contributed by atoms with Crippen LogP contribution in [0.25, 0.3) is 0 Å². The van der Waals surface area contributed by atoms with E-state index in [0.29, 0.717) is 21.7 Å². The van der Waals surface area contributed by atoms with Crippen LogP contribution in [0.3, 0.4) is 0 Å². The minimum absolute atomic E-state index is 0.106. The summed E-state index contributed by atoms with van der Waals surface area (Å²) in [6, 6.07) is 6.71. The molecule has 1 aromatic carbocycles. The first-order chi connectivity index (χ1) is 8.71. The molecule has 1 heterocycles. The van der Waals surface area contributed by atoms with Gasteiger partial charge in [0.25, 0.3) is 0 Å². The van der Waals surface area contributed by atoms with E-state index in [4.69, 9.17) is 5.26 Å². The first-order valence-electron chi connectivity index (χ1n) is 4.99. The maximum absolute atomic E-state index is 12.5. The van der Waals surface area contributed by atoms with Gasteiger partial charge < -0.3 is 0 Å². The van der Waals surface area contributed by atoms with Crippen LogP contribution in [0.2, 0.25) is 0 Å². The Morgan fingerprint density at radius 2 is 2.06 bits per heavy atom. The maximum atomic E-state index is 12.5. The largest absolute Gasteiger partial charge is 0.233 e. The van der Waals surface area contributed by atoms with E-state index >= 15 is 0 Å². The predicted octanol–water partition coefficient (Wildman–Crippen LogP) is 3.70. The van der Waals surface area contributed by atoms with Crippen LogP contribution in [0.15, 0.2) is 28.5 Å². The van der Waals surface area contributed by atoms with Crippen LogP contribution >= 0.6 is 23.5 Å². The summed E-state index contributed by atoms with van der Waals surface area (Å²) in [5.41, 5.74) is 1.70. The lowest BCUT2D eigenvalue weighted by molar-refractivity contribution is 0.934. The summed E-state index contributed by atoms with van der Waals surface area (Å²) in [5, 5.41) is 11.6. The fraction of sp³-hybridized carbons (Fsp3) is 0.0769. The fourth-order valence-corrected chi connectivity index (χ4v) is 2.23. The lowest BCUT2D eigenvalue weighted by atomic mass is 10.1. The molecule has 2 rings (SSSR count). The Labute approximate surface area is 113 Å². The monoisotopic (exact) mass is 274 g/mol. The van der Waals surface area contributed by atoms with Crippen molar-refractivity contribution < 1.29 is 3.89 Å². The van der Waals surface area contributed by atoms with E-state index in [1.165, 1.54) is 17.4 Å². The van der Waals surface area contributed by atoms with Crippen LogP contribution < -0.4 is 0 Å². The van der Waals surface area contributed by atoms with Crippen molar-refractivity contribution in [3.05, 3.63) is 45.4 Å². The van der Waals surface area contributed by atoms with E-state index in [1.807, 2.05) is 18.4 Å². The van der Waals surface area contributed by atoms with Gasteiger partial charge in [-0.2, -0.15) is 9.15 Å². The second-order valence-electron chi connectivity index (χ2n) is 3.44. The van der Waals surface area contributed by atoms with Crippen LogP contribution in [-0.4, -0.2) is 4.98 Å². The first kappa shape index (κ1) is 12.6. The van der Waals surface area contributed by atoms with Crippen molar-refractivity contribution in [2.45, 2.75) is 11.8 Å². The van der Waals surface area contributed by atoms with E-state index in [2.05, 4.69) is 16.8 Å². The molecule has 0 saturated carbocycles. The summed E-state index contributed by atoms with van der Waals surface area (Å²) in [6.07, 6.45) is 0. The molecule has 5 heteroatoms. The number of nitriles is 1. The molecule has 2 aromatic rings. The highest BCUT2D eigenvalue weighted by molar-refractivity contribution is 7.94. The number of hydrogen-bond acceptors (Lipinski definition) is 4. The van der Waals surface area contributed by atoms with Crippen molar-refractivity contribution in [2.24, 2.45) is 0 Å². The Balaban J connectivity index is 2.35. The van der Waals surface area contributed by atoms with Gasteiger partial charge >= 0.3 is 0 Å². The number of benzene rings is 1. The minimum atomic E-state index is 0.106. The molecule has 88 valence electrons. The number of rotatable bonds is 1. The molecular weight excluding hydrogens is 267 g/mol. The SMILES string of the molecule is Cc1nc(C#Cc2cc(C#N)cc(SF)c2)cs1. The van der Waals surface area contributed by atoms with Crippen LogP contribution in [0.4, 0.5) is 3.89 Å². The van der Waals surface area contributed by atoms with Crippen molar-refractivity contribution in [3.63, 3.8) is 0 Å². The van der Waals surface area contributed by atoms with Crippen LogP contribution in [0.1, 0.15) is 21.8 Å². The molecule has 0 aliphatic heterocycles. The van der Waals surface area contributed by atoms with Crippen molar-refractivity contribution in [3.8, 4) is 17.9 Å². The first-order valence-corrected chi connectivity index (χ1v) is 6.59. The molecule has 18 heavy (non-hydrogen) atoms. The van der Waals surface area contributed by atoms with Crippen LogP contribution in [0, 0.1) is 30.1 Å². The molecule has 0 aliphatic carbocycles. The van der Waals surface area contributed by atoms with Gasteiger partial charge in [0.15, 0.2) is 0 Å². The molecular formula is C13H7FN2S2. The number of nitrogens with zero attached hydrogens (tertiary/aromatic N) is 2. The Bertz CT molecular complexity index is 674. The smallest absolute Gasteiger partial charge is 0.124 e.